The van der Waals surface area contributed by atoms with E-state index in [-0.39, 0.29) is 17.8 Å². The minimum absolute atomic E-state index is 0.160. The zero-order chi connectivity index (χ0) is 13.8. The summed E-state index contributed by atoms with van der Waals surface area (Å²) in [5, 5.41) is 4.64. The van der Waals surface area contributed by atoms with Gasteiger partial charge in [0, 0.05) is 15.9 Å². The number of amides is 1. The predicted molar refractivity (Wildman–Crippen MR) is 78.7 cm³/mol. The average Bonchev–Trinajstić information content (AvgIpc) is 2.75. The second-order valence-electron chi connectivity index (χ2n) is 4.13. The van der Waals surface area contributed by atoms with Crippen LogP contribution in [0.1, 0.15) is 15.2 Å². The number of carbonyl (C=O) groups excluding carboxylic acids is 1. The number of benzene rings is 1. The molecule has 2 aromatic rings. The second-order valence-corrected chi connectivity index (χ2v) is 5.96. The summed E-state index contributed by atoms with van der Waals surface area (Å²) < 4.78 is 13.9. The summed E-state index contributed by atoms with van der Waals surface area (Å²) in [5.41, 5.74) is 0.813. The number of thiophene rings is 1. The molecule has 2 rings (SSSR count). The van der Waals surface area contributed by atoms with Crippen molar-refractivity contribution in [1.82, 2.24) is 5.32 Å². The first kappa shape index (κ1) is 14.2. The van der Waals surface area contributed by atoms with Gasteiger partial charge in [-0.3, -0.25) is 4.79 Å². The van der Waals surface area contributed by atoms with Crippen LogP contribution in [0.4, 0.5) is 4.39 Å². The van der Waals surface area contributed by atoms with E-state index in [2.05, 4.69) is 28.2 Å². The van der Waals surface area contributed by atoms with E-state index in [1.54, 1.807) is 12.1 Å². The molecule has 5 heteroatoms. The zero-order valence-electron chi connectivity index (χ0n) is 10.0. The number of halogens is 2. The molecule has 2 nitrogen and oxygen atoms in total. The van der Waals surface area contributed by atoms with Crippen LogP contribution in [0, 0.1) is 12.7 Å². The van der Waals surface area contributed by atoms with Crippen LogP contribution in [0.3, 0.4) is 0 Å². The van der Waals surface area contributed by atoms with E-state index in [1.165, 1.54) is 23.5 Å². The summed E-state index contributed by atoms with van der Waals surface area (Å²) in [5.74, 6) is -0.440. The van der Waals surface area contributed by atoms with Crippen LogP contribution in [0.2, 0.25) is 0 Å². The van der Waals surface area contributed by atoms with E-state index in [0.717, 1.165) is 10.0 Å². The molecule has 99 valence electrons. The van der Waals surface area contributed by atoms with Crippen LogP contribution in [0.15, 0.2) is 40.2 Å². The molecule has 0 saturated carbocycles. The first-order valence-electron chi connectivity index (χ1n) is 5.67. The van der Waals surface area contributed by atoms with E-state index in [9.17, 15) is 9.18 Å². The molecule has 1 aromatic heterocycles. The summed E-state index contributed by atoms with van der Waals surface area (Å²) >= 11 is 4.66. The van der Waals surface area contributed by atoms with Gasteiger partial charge in [0.2, 0.25) is 0 Å². The third kappa shape index (κ3) is 4.14. The van der Waals surface area contributed by atoms with Gasteiger partial charge in [-0.2, -0.15) is 0 Å². The predicted octanol–water partition coefficient (Wildman–Crippen LogP) is 3.82. The molecule has 0 aliphatic rings. The Kier molecular flexibility index (Phi) is 4.71. The second kappa shape index (κ2) is 6.30. The smallest absolute Gasteiger partial charge is 0.261 e. The van der Waals surface area contributed by atoms with E-state index in [0.29, 0.717) is 11.3 Å². The van der Waals surface area contributed by atoms with Crippen LogP contribution >= 0.6 is 27.3 Å². The Morgan fingerprint density at radius 3 is 2.89 bits per heavy atom. The van der Waals surface area contributed by atoms with Crippen molar-refractivity contribution in [2.24, 2.45) is 0 Å². The molecule has 1 radical (unpaired) electrons. The van der Waals surface area contributed by atoms with Gasteiger partial charge in [-0.05, 0) is 53.0 Å². The summed E-state index contributed by atoms with van der Waals surface area (Å²) in [6.07, 6.45) is 0.496. The van der Waals surface area contributed by atoms with E-state index < -0.39 is 0 Å². The highest BCUT2D eigenvalue weighted by atomic mass is 79.9. The lowest BCUT2D eigenvalue weighted by Crippen LogP contribution is -2.33. The number of nitrogens with one attached hydrogen (secondary N) is 1. The van der Waals surface area contributed by atoms with Gasteiger partial charge in [-0.1, -0.05) is 12.1 Å². The first-order valence-corrected chi connectivity index (χ1v) is 7.34. The fraction of sp³-hybridized carbons (Fsp3) is 0.143. The molecular weight excluding hydrogens is 329 g/mol. The van der Waals surface area contributed by atoms with Gasteiger partial charge in [-0.15, -0.1) is 11.3 Å². The minimum atomic E-state index is -0.296. The van der Waals surface area contributed by atoms with Crippen molar-refractivity contribution in [2.45, 2.75) is 12.5 Å². The molecule has 1 N–H and O–H groups in total. The Balaban J connectivity index is 1.94. The molecule has 1 atom stereocenters. The highest BCUT2D eigenvalue weighted by molar-refractivity contribution is 9.10. The maximum Gasteiger partial charge on any atom is 0.261 e. The number of rotatable bonds is 4. The van der Waals surface area contributed by atoms with Gasteiger partial charge >= 0.3 is 0 Å². The molecule has 0 fully saturated rings. The lowest BCUT2D eigenvalue weighted by molar-refractivity contribution is 0.0948. The molecule has 0 bridgehead atoms. The molecule has 0 spiro atoms. The lowest BCUT2D eigenvalue weighted by atomic mass is 10.1. The molecule has 1 amide bonds. The molecule has 0 saturated heterocycles. The zero-order valence-corrected chi connectivity index (χ0v) is 12.4. The van der Waals surface area contributed by atoms with Crippen molar-refractivity contribution in [1.29, 1.82) is 0 Å². The average molecular weight is 341 g/mol. The molecule has 1 heterocycles. The topological polar surface area (TPSA) is 29.1 Å². The van der Waals surface area contributed by atoms with Crippen molar-refractivity contribution in [2.75, 3.05) is 0 Å². The SMILES string of the molecule is [CH2][C@@H](Cc1cccc(F)c1)NC(=O)c1cc(Br)cs1. The third-order valence-corrected chi connectivity index (χ3v) is 4.19. The van der Waals surface area contributed by atoms with Crippen LogP contribution in [0.5, 0.6) is 0 Å². The fourth-order valence-electron chi connectivity index (χ4n) is 1.69. The van der Waals surface area contributed by atoms with Crippen molar-refractivity contribution in [3.05, 3.63) is 63.4 Å². The Bertz CT molecular complexity index is 584. The summed E-state index contributed by atoms with van der Waals surface area (Å²) in [7, 11) is 0. The van der Waals surface area contributed by atoms with Crippen LogP contribution < -0.4 is 5.32 Å². The molecule has 0 aliphatic carbocycles. The minimum Gasteiger partial charge on any atom is -0.348 e. The molecule has 0 unspecified atom stereocenters. The van der Waals surface area contributed by atoms with Gasteiger partial charge in [0.15, 0.2) is 0 Å². The number of carbonyl (C=O) groups is 1. The van der Waals surface area contributed by atoms with Crippen molar-refractivity contribution in [3.63, 3.8) is 0 Å². The van der Waals surface area contributed by atoms with Gasteiger partial charge < -0.3 is 5.32 Å². The standard InChI is InChI=1S/C14H12BrFNOS/c1-9(5-10-3-2-4-12(16)6-10)17-14(18)13-7-11(15)8-19-13/h2-4,6-9H,1,5H2,(H,17,18)/t9-/m0/s1. The quantitative estimate of drug-likeness (QED) is 0.900. The molecule has 1 aromatic carbocycles. The lowest BCUT2D eigenvalue weighted by Gasteiger charge is -2.13. The fourth-order valence-corrected chi connectivity index (χ4v) is 3.02. The largest absolute Gasteiger partial charge is 0.348 e. The maximum absolute atomic E-state index is 13.0. The Labute approximate surface area is 123 Å². The summed E-state index contributed by atoms with van der Waals surface area (Å²) in [6, 6.07) is 7.77. The van der Waals surface area contributed by atoms with Crippen molar-refractivity contribution >= 4 is 33.2 Å². The van der Waals surface area contributed by atoms with Crippen LogP contribution in [-0.4, -0.2) is 11.9 Å². The maximum atomic E-state index is 13.0. The Hall–Kier alpha value is -1.20. The number of hydrogen-bond donors (Lipinski definition) is 1. The van der Waals surface area contributed by atoms with Crippen LogP contribution in [-0.2, 0) is 6.42 Å². The number of hydrogen-bond acceptors (Lipinski definition) is 2. The highest BCUT2D eigenvalue weighted by Crippen LogP contribution is 2.19. The van der Waals surface area contributed by atoms with Crippen LogP contribution in [0.25, 0.3) is 0 Å². The highest BCUT2D eigenvalue weighted by Gasteiger charge is 2.12. The van der Waals surface area contributed by atoms with Gasteiger partial charge in [0.05, 0.1) is 4.88 Å². The van der Waals surface area contributed by atoms with Crippen molar-refractivity contribution in [3.8, 4) is 0 Å². The van der Waals surface area contributed by atoms with Gasteiger partial charge in [0.1, 0.15) is 5.82 Å². The molecule has 19 heavy (non-hydrogen) atoms. The molecule has 0 aliphatic heterocycles. The van der Waals surface area contributed by atoms with E-state index >= 15 is 0 Å². The monoisotopic (exact) mass is 340 g/mol. The Morgan fingerprint density at radius 1 is 1.47 bits per heavy atom. The van der Waals surface area contributed by atoms with Gasteiger partial charge in [0.25, 0.3) is 5.91 Å². The van der Waals surface area contributed by atoms with Crippen molar-refractivity contribution < 1.29 is 9.18 Å². The normalized spacial score (nSPS) is 12.2. The summed E-state index contributed by atoms with van der Waals surface area (Å²) in [4.78, 5) is 12.5. The Morgan fingerprint density at radius 2 is 2.26 bits per heavy atom. The van der Waals surface area contributed by atoms with E-state index in [1.807, 2.05) is 11.4 Å². The first-order chi connectivity index (χ1) is 9.04. The van der Waals surface area contributed by atoms with Gasteiger partial charge in [-0.25, -0.2) is 4.39 Å². The van der Waals surface area contributed by atoms with E-state index in [4.69, 9.17) is 0 Å². The summed E-state index contributed by atoms with van der Waals surface area (Å²) in [6.45, 7) is 3.87. The molecular formula is C14H12BrFNOS. The third-order valence-electron chi connectivity index (χ3n) is 2.50.